The van der Waals surface area contributed by atoms with E-state index in [2.05, 4.69) is 26.4 Å². The van der Waals surface area contributed by atoms with E-state index in [1.807, 2.05) is 30.3 Å². The summed E-state index contributed by atoms with van der Waals surface area (Å²) in [6.45, 7) is 0.410. The van der Waals surface area contributed by atoms with Crippen molar-refractivity contribution in [2.45, 2.75) is 37.7 Å². The molecule has 1 aromatic rings. The van der Waals surface area contributed by atoms with E-state index in [4.69, 9.17) is 9.57 Å². The standard InChI is InChI=1S/C17H20BrN3O5/c18-15-7-13(26-20-15)9-21(16(23)14-6-12(22)8-19-14)17(24)25-10-11-4-2-1-3-5-11/h1-5,12-14,19,22H,6-10H2/t12-,13?,14+/m1/s1. The highest BCUT2D eigenvalue weighted by Crippen LogP contribution is 2.18. The predicted molar refractivity (Wildman–Crippen MR) is 96.6 cm³/mol. The Bertz CT molecular complexity index is 684. The van der Waals surface area contributed by atoms with Gasteiger partial charge in [0.25, 0.3) is 0 Å². The maximum atomic E-state index is 12.8. The van der Waals surface area contributed by atoms with Gasteiger partial charge in [-0.25, -0.2) is 9.69 Å². The summed E-state index contributed by atoms with van der Waals surface area (Å²) in [5.41, 5.74) is 0.825. The van der Waals surface area contributed by atoms with Crippen LogP contribution in [-0.4, -0.2) is 58.0 Å². The number of imide groups is 1. The Balaban J connectivity index is 1.65. The molecule has 1 aromatic carbocycles. The van der Waals surface area contributed by atoms with Gasteiger partial charge in [0.2, 0.25) is 5.91 Å². The SMILES string of the molecule is O=C(OCc1ccccc1)N(CC1CC(Br)=NO1)C(=O)[C@@H]1C[C@@H](O)CN1. The molecule has 0 bridgehead atoms. The molecule has 1 fully saturated rings. The lowest BCUT2D eigenvalue weighted by Gasteiger charge is -2.25. The average Bonchev–Trinajstić information content (AvgIpc) is 3.26. The number of aliphatic hydroxyl groups is 1. The van der Waals surface area contributed by atoms with Crippen LogP contribution in [-0.2, 0) is 21.0 Å². The van der Waals surface area contributed by atoms with Crippen molar-refractivity contribution < 1.29 is 24.3 Å². The molecular formula is C17H20BrN3O5. The number of aliphatic hydroxyl groups excluding tert-OH is 1. The quantitative estimate of drug-likeness (QED) is 0.738. The van der Waals surface area contributed by atoms with Gasteiger partial charge < -0.3 is 20.0 Å². The number of β-amino-alcohol motifs (C(OH)–C–C–N with tert-alkyl or cyclic N) is 1. The fourth-order valence-electron chi connectivity index (χ4n) is 2.84. The van der Waals surface area contributed by atoms with Gasteiger partial charge >= 0.3 is 6.09 Å². The summed E-state index contributed by atoms with van der Waals surface area (Å²) in [4.78, 5) is 31.6. The third-order valence-electron chi connectivity index (χ3n) is 4.18. The van der Waals surface area contributed by atoms with Crippen molar-refractivity contribution in [1.82, 2.24) is 10.2 Å². The van der Waals surface area contributed by atoms with Crippen LogP contribution < -0.4 is 5.32 Å². The number of carbonyl (C=O) groups excluding carboxylic acids is 2. The van der Waals surface area contributed by atoms with E-state index in [-0.39, 0.29) is 19.6 Å². The number of hydrogen-bond acceptors (Lipinski definition) is 7. The number of benzene rings is 1. The molecule has 0 saturated carbocycles. The molecule has 1 saturated heterocycles. The largest absolute Gasteiger partial charge is 0.444 e. The van der Waals surface area contributed by atoms with Crippen molar-refractivity contribution in [3.8, 4) is 0 Å². The molecule has 2 N–H and O–H groups in total. The van der Waals surface area contributed by atoms with Crippen LogP contribution in [0.1, 0.15) is 18.4 Å². The zero-order valence-electron chi connectivity index (χ0n) is 14.0. The van der Waals surface area contributed by atoms with Gasteiger partial charge in [0, 0.05) is 13.0 Å². The van der Waals surface area contributed by atoms with Crippen molar-refractivity contribution in [3.63, 3.8) is 0 Å². The van der Waals surface area contributed by atoms with Crippen molar-refractivity contribution in [2.75, 3.05) is 13.1 Å². The predicted octanol–water partition coefficient (Wildman–Crippen LogP) is 1.37. The molecule has 26 heavy (non-hydrogen) atoms. The van der Waals surface area contributed by atoms with Crippen LogP contribution in [0.4, 0.5) is 4.79 Å². The van der Waals surface area contributed by atoms with Gasteiger partial charge in [0.05, 0.1) is 18.7 Å². The van der Waals surface area contributed by atoms with E-state index < -0.39 is 30.3 Å². The van der Waals surface area contributed by atoms with E-state index in [1.165, 1.54) is 0 Å². The molecule has 1 unspecified atom stereocenters. The third kappa shape index (κ3) is 4.80. The molecule has 2 heterocycles. The summed E-state index contributed by atoms with van der Waals surface area (Å²) in [6.07, 6.45) is -1.05. The number of carbonyl (C=O) groups is 2. The number of nitrogens with one attached hydrogen (secondary N) is 1. The first-order valence-electron chi connectivity index (χ1n) is 8.34. The number of ether oxygens (including phenoxy) is 1. The Hall–Kier alpha value is -1.97. The zero-order chi connectivity index (χ0) is 18.5. The first-order valence-corrected chi connectivity index (χ1v) is 9.14. The second kappa shape index (κ2) is 8.61. The lowest BCUT2D eigenvalue weighted by molar-refractivity contribution is -0.133. The minimum atomic E-state index is -0.742. The van der Waals surface area contributed by atoms with E-state index in [9.17, 15) is 14.7 Å². The van der Waals surface area contributed by atoms with Crippen LogP contribution in [0.3, 0.4) is 0 Å². The molecule has 2 amide bonds. The highest BCUT2D eigenvalue weighted by Gasteiger charge is 2.37. The Labute approximate surface area is 159 Å². The fraction of sp³-hybridized carbons (Fsp3) is 0.471. The average molecular weight is 426 g/mol. The van der Waals surface area contributed by atoms with Crippen LogP contribution in [0.15, 0.2) is 35.5 Å². The lowest BCUT2D eigenvalue weighted by Crippen LogP contribution is -2.49. The number of halogens is 1. The molecule has 2 aliphatic heterocycles. The second-order valence-corrected chi connectivity index (χ2v) is 7.15. The molecule has 140 valence electrons. The first kappa shape index (κ1) is 18.8. The molecule has 2 aliphatic rings. The highest BCUT2D eigenvalue weighted by molar-refractivity contribution is 9.18. The van der Waals surface area contributed by atoms with Crippen molar-refractivity contribution >= 4 is 32.6 Å². The highest BCUT2D eigenvalue weighted by atomic mass is 79.9. The molecule has 0 aromatic heterocycles. The summed E-state index contributed by atoms with van der Waals surface area (Å²) in [5.74, 6) is -0.439. The minimum absolute atomic E-state index is 0.0271. The molecule has 3 atom stereocenters. The van der Waals surface area contributed by atoms with Crippen molar-refractivity contribution in [2.24, 2.45) is 5.16 Å². The van der Waals surface area contributed by atoms with Gasteiger partial charge in [-0.2, -0.15) is 0 Å². The van der Waals surface area contributed by atoms with Crippen LogP contribution in [0.2, 0.25) is 0 Å². The summed E-state index contributed by atoms with van der Waals surface area (Å²) in [7, 11) is 0. The van der Waals surface area contributed by atoms with Crippen LogP contribution in [0, 0.1) is 0 Å². The van der Waals surface area contributed by atoms with E-state index in [0.29, 0.717) is 17.6 Å². The molecule has 0 aliphatic carbocycles. The molecule has 8 nitrogen and oxygen atoms in total. The number of amides is 2. The Morgan fingerprint density at radius 3 is 2.77 bits per heavy atom. The molecule has 3 rings (SSSR count). The summed E-state index contributed by atoms with van der Waals surface area (Å²) in [6, 6.07) is 8.60. The minimum Gasteiger partial charge on any atom is -0.444 e. The van der Waals surface area contributed by atoms with Crippen molar-refractivity contribution in [1.29, 1.82) is 0 Å². The Kier molecular flexibility index (Phi) is 6.23. The summed E-state index contributed by atoms with van der Waals surface area (Å²) >= 11 is 3.24. The monoisotopic (exact) mass is 425 g/mol. The Morgan fingerprint density at radius 1 is 1.38 bits per heavy atom. The molecule has 0 spiro atoms. The van der Waals surface area contributed by atoms with Gasteiger partial charge in [0.15, 0.2) is 6.10 Å². The maximum Gasteiger partial charge on any atom is 0.417 e. The van der Waals surface area contributed by atoms with Gasteiger partial charge in [0.1, 0.15) is 11.2 Å². The van der Waals surface area contributed by atoms with Crippen LogP contribution in [0.25, 0.3) is 0 Å². The zero-order valence-corrected chi connectivity index (χ0v) is 15.6. The van der Waals surface area contributed by atoms with E-state index in [1.54, 1.807) is 0 Å². The summed E-state index contributed by atoms with van der Waals surface area (Å²) in [5, 5.41) is 16.3. The van der Waals surface area contributed by atoms with Crippen molar-refractivity contribution in [3.05, 3.63) is 35.9 Å². The molecule has 9 heteroatoms. The lowest BCUT2D eigenvalue weighted by atomic mass is 10.1. The van der Waals surface area contributed by atoms with Gasteiger partial charge in [-0.3, -0.25) is 4.79 Å². The van der Waals surface area contributed by atoms with E-state index >= 15 is 0 Å². The number of rotatable bonds is 5. The molecule has 0 radical (unpaired) electrons. The second-order valence-electron chi connectivity index (χ2n) is 6.24. The van der Waals surface area contributed by atoms with Crippen LogP contribution in [0.5, 0.6) is 0 Å². The number of hydrogen-bond donors (Lipinski definition) is 2. The van der Waals surface area contributed by atoms with Gasteiger partial charge in [-0.15, -0.1) is 0 Å². The maximum absolute atomic E-state index is 12.8. The smallest absolute Gasteiger partial charge is 0.417 e. The normalized spacial score (nSPS) is 24.7. The van der Waals surface area contributed by atoms with E-state index in [0.717, 1.165) is 10.5 Å². The topological polar surface area (TPSA) is 100 Å². The third-order valence-corrected chi connectivity index (χ3v) is 4.65. The van der Waals surface area contributed by atoms with Gasteiger partial charge in [-0.1, -0.05) is 35.5 Å². The molecular weight excluding hydrogens is 406 g/mol. The first-order chi connectivity index (χ1) is 12.5. The number of oxime groups is 1. The Morgan fingerprint density at radius 2 is 2.15 bits per heavy atom. The van der Waals surface area contributed by atoms with Gasteiger partial charge in [-0.05, 0) is 27.9 Å². The van der Waals surface area contributed by atoms with Crippen LogP contribution >= 0.6 is 15.9 Å². The summed E-state index contributed by atoms with van der Waals surface area (Å²) < 4.78 is 5.93. The number of nitrogens with zero attached hydrogens (tertiary/aromatic N) is 2. The fourth-order valence-corrected chi connectivity index (χ4v) is 3.29.